The minimum atomic E-state index is -0.198. The van der Waals surface area contributed by atoms with Gasteiger partial charge in [-0.2, -0.15) is 0 Å². The van der Waals surface area contributed by atoms with Gasteiger partial charge in [0.05, 0.1) is 7.11 Å². The maximum atomic E-state index is 12.4. The molecular formula is C23H25NO3. The van der Waals surface area contributed by atoms with Gasteiger partial charge in [-0.05, 0) is 49.1 Å². The molecule has 0 atom stereocenters. The van der Waals surface area contributed by atoms with Crippen molar-refractivity contribution in [2.24, 2.45) is 5.41 Å². The van der Waals surface area contributed by atoms with Gasteiger partial charge in [0.2, 0.25) is 0 Å². The van der Waals surface area contributed by atoms with Crippen LogP contribution in [-0.4, -0.2) is 42.7 Å². The molecule has 0 saturated carbocycles. The molecule has 1 aliphatic heterocycles. The third-order valence-electron chi connectivity index (χ3n) is 5.25. The smallest absolute Gasteiger partial charge is 0.298 e. The lowest BCUT2D eigenvalue weighted by Gasteiger charge is -2.40. The van der Waals surface area contributed by atoms with Gasteiger partial charge in [0.25, 0.3) is 5.91 Å². The Bertz CT molecular complexity index is 827. The van der Waals surface area contributed by atoms with Crippen LogP contribution in [0.25, 0.3) is 0 Å². The van der Waals surface area contributed by atoms with E-state index in [0.717, 1.165) is 36.1 Å². The summed E-state index contributed by atoms with van der Waals surface area (Å²) in [4.78, 5) is 14.2. The number of aliphatic hydroxyl groups excluding tert-OH is 1. The third-order valence-corrected chi connectivity index (χ3v) is 5.25. The lowest BCUT2D eigenvalue weighted by atomic mass is 9.74. The second kappa shape index (κ2) is 8.75. The van der Waals surface area contributed by atoms with E-state index in [4.69, 9.17) is 4.74 Å². The Balaban J connectivity index is 1.62. The minimum Gasteiger partial charge on any atom is -0.497 e. The molecule has 1 N–H and O–H groups in total. The van der Waals surface area contributed by atoms with Gasteiger partial charge in [0, 0.05) is 36.6 Å². The van der Waals surface area contributed by atoms with Crippen molar-refractivity contribution >= 4 is 5.91 Å². The lowest BCUT2D eigenvalue weighted by Crippen LogP contribution is -2.45. The largest absolute Gasteiger partial charge is 0.497 e. The van der Waals surface area contributed by atoms with Crippen LogP contribution in [0.4, 0.5) is 0 Å². The number of benzene rings is 2. The summed E-state index contributed by atoms with van der Waals surface area (Å²) < 4.78 is 5.29. The molecule has 1 heterocycles. The molecule has 1 fully saturated rings. The topological polar surface area (TPSA) is 49.8 Å². The van der Waals surface area contributed by atoms with Crippen molar-refractivity contribution in [3.05, 3.63) is 65.7 Å². The molecule has 0 unspecified atom stereocenters. The summed E-state index contributed by atoms with van der Waals surface area (Å²) in [6, 6.07) is 17.5. The average Bonchev–Trinajstić information content (AvgIpc) is 2.73. The first-order valence-electron chi connectivity index (χ1n) is 9.24. The van der Waals surface area contributed by atoms with Crippen molar-refractivity contribution in [3.8, 4) is 17.6 Å². The predicted molar refractivity (Wildman–Crippen MR) is 105 cm³/mol. The summed E-state index contributed by atoms with van der Waals surface area (Å²) in [7, 11) is 1.65. The summed E-state index contributed by atoms with van der Waals surface area (Å²) in [6.45, 7) is 1.35. The number of nitrogens with zero attached hydrogens (tertiary/aromatic N) is 1. The molecule has 0 aromatic heterocycles. The van der Waals surface area contributed by atoms with Crippen LogP contribution in [0.15, 0.2) is 54.6 Å². The predicted octanol–water partition coefficient (Wildman–Crippen LogP) is 2.89. The second-order valence-corrected chi connectivity index (χ2v) is 7.09. The molecule has 2 aromatic rings. The fourth-order valence-electron chi connectivity index (χ4n) is 3.52. The maximum Gasteiger partial charge on any atom is 0.298 e. The highest BCUT2D eigenvalue weighted by atomic mass is 16.5. The number of piperidine rings is 1. The number of rotatable bonds is 4. The molecule has 1 amide bonds. The zero-order valence-corrected chi connectivity index (χ0v) is 15.6. The number of hydrogen-bond donors (Lipinski definition) is 1. The fourth-order valence-corrected chi connectivity index (χ4v) is 3.52. The molecule has 2 aromatic carbocycles. The molecule has 4 nitrogen and oxygen atoms in total. The maximum absolute atomic E-state index is 12.4. The van der Waals surface area contributed by atoms with Gasteiger partial charge in [-0.3, -0.25) is 4.79 Å². The Labute approximate surface area is 160 Å². The molecule has 0 bridgehead atoms. The van der Waals surface area contributed by atoms with Crippen LogP contribution in [0.2, 0.25) is 0 Å². The van der Waals surface area contributed by atoms with Gasteiger partial charge >= 0.3 is 0 Å². The molecular weight excluding hydrogens is 338 g/mol. The van der Waals surface area contributed by atoms with Crippen molar-refractivity contribution in [1.82, 2.24) is 4.90 Å². The van der Waals surface area contributed by atoms with Crippen LogP contribution in [0.3, 0.4) is 0 Å². The number of aliphatic hydroxyl groups is 1. The van der Waals surface area contributed by atoms with Gasteiger partial charge in [-0.25, -0.2) is 0 Å². The standard InChI is InChI=1S/C23H25NO3/c1-27-21-9-5-8-20(16-21)17-23(18-25)12-14-24(15-13-23)22(26)11-10-19-6-3-2-4-7-19/h2-9,16,25H,12-15,17-18H2,1H3. The minimum absolute atomic E-state index is 0.113. The number of methoxy groups -OCH3 is 1. The molecule has 4 heteroatoms. The van der Waals surface area contributed by atoms with Gasteiger partial charge in [-0.15, -0.1) is 0 Å². The van der Waals surface area contributed by atoms with Crippen LogP contribution in [0.1, 0.15) is 24.0 Å². The Kier molecular flexibility index (Phi) is 6.16. The highest BCUT2D eigenvalue weighted by molar-refractivity contribution is 5.94. The van der Waals surface area contributed by atoms with E-state index in [9.17, 15) is 9.90 Å². The number of likely N-dealkylation sites (tertiary alicyclic amines) is 1. The summed E-state index contributed by atoms with van der Waals surface area (Å²) in [5.41, 5.74) is 1.79. The molecule has 1 saturated heterocycles. The van der Waals surface area contributed by atoms with Crippen LogP contribution < -0.4 is 4.74 Å². The first kappa shape index (κ1) is 19.0. The summed E-state index contributed by atoms with van der Waals surface area (Å²) >= 11 is 0. The number of amides is 1. The highest BCUT2D eigenvalue weighted by Gasteiger charge is 2.35. The first-order valence-corrected chi connectivity index (χ1v) is 9.24. The molecule has 27 heavy (non-hydrogen) atoms. The Morgan fingerprint density at radius 2 is 1.89 bits per heavy atom. The normalized spacial score (nSPS) is 15.6. The Hall–Kier alpha value is -2.77. The quantitative estimate of drug-likeness (QED) is 0.850. The van der Waals surface area contributed by atoms with Crippen LogP contribution in [0.5, 0.6) is 5.75 Å². The summed E-state index contributed by atoms with van der Waals surface area (Å²) in [5, 5.41) is 10.0. The molecule has 0 aliphatic carbocycles. The van der Waals surface area contributed by atoms with Gasteiger partial charge < -0.3 is 14.7 Å². The van der Waals surface area contributed by atoms with Crippen LogP contribution >= 0.6 is 0 Å². The zero-order valence-electron chi connectivity index (χ0n) is 15.6. The fraction of sp³-hybridized carbons (Fsp3) is 0.348. The summed E-state index contributed by atoms with van der Waals surface area (Å²) in [6.07, 6.45) is 2.30. The molecule has 0 radical (unpaired) electrons. The van der Waals surface area contributed by atoms with E-state index in [1.165, 1.54) is 0 Å². The lowest BCUT2D eigenvalue weighted by molar-refractivity contribution is -0.127. The first-order chi connectivity index (χ1) is 13.1. The Morgan fingerprint density at radius 1 is 1.15 bits per heavy atom. The van der Waals surface area contributed by atoms with E-state index in [-0.39, 0.29) is 17.9 Å². The molecule has 3 rings (SSSR count). The van der Waals surface area contributed by atoms with Crippen LogP contribution in [0, 0.1) is 17.3 Å². The zero-order chi connectivity index (χ0) is 19.1. The van der Waals surface area contributed by atoms with E-state index in [0.29, 0.717) is 13.1 Å². The van der Waals surface area contributed by atoms with Gasteiger partial charge in [0.15, 0.2) is 0 Å². The van der Waals surface area contributed by atoms with Gasteiger partial charge in [0.1, 0.15) is 5.75 Å². The van der Waals surface area contributed by atoms with Crippen LogP contribution in [-0.2, 0) is 11.2 Å². The average molecular weight is 363 g/mol. The number of hydrogen-bond acceptors (Lipinski definition) is 3. The Morgan fingerprint density at radius 3 is 2.56 bits per heavy atom. The number of carbonyl (C=O) groups is 1. The van der Waals surface area contributed by atoms with Crippen molar-refractivity contribution < 1.29 is 14.6 Å². The van der Waals surface area contributed by atoms with E-state index >= 15 is 0 Å². The monoisotopic (exact) mass is 363 g/mol. The van der Waals surface area contributed by atoms with Gasteiger partial charge in [-0.1, -0.05) is 36.3 Å². The van der Waals surface area contributed by atoms with E-state index in [1.807, 2.05) is 48.5 Å². The van der Waals surface area contributed by atoms with Crippen molar-refractivity contribution in [3.63, 3.8) is 0 Å². The highest BCUT2D eigenvalue weighted by Crippen LogP contribution is 2.35. The van der Waals surface area contributed by atoms with Crippen molar-refractivity contribution in [1.29, 1.82) is 0 Å². The third kappa shape index (κ3) is 4.90. The van der Waals surface area contributed by atoms with E-state index in [1.54, 1.807) is 12.0 Å². The van der Waals surface area contributed by atoms with Crippen molar-refractivity contribution in [2.45, 2.75) is 19.3 Å². The number of ether oxygens (including phenoxy) is 1. The van der Waals surface area contributed by atoms with E-state index in [2.05, 4.69) is 17.9 Å². The SMILES string of the molecule is COc1cccc(CC2(CO)CCN(C(=O)C#Cc3ccccc3)CC2)c1. The molecule has 1 aliphatic rings. The second-order valence-electron chi connectivity index (χ2n) is 7.09. The number of carbonyl (C=O) groups excluding carboxylic acids is 1. The summed E-state index contributed by atoms with van der Waals surface area (Å²) in [5.74, 6) is 6.34. The molecule has 0 spiro atoms. The van der Waals surface area contributed by atoms with Crippen molar-refractivity contribution in [2.75, 3.05) is 26.8 Å². The van der Waals surface area contributed by atoms with E-state index < -0.39 is 0 Å². The molecule has 140 valence electrons.